The van der Waals surface area contributed by atoms with Gasteiger partial charge in [-0.2, -0.15) is 10.2 Å². The van der Waals surface area contributed by atoms with Crippen molar-refractivity contribution in [3.63, 3.8) is 0 Å². The number of fused-ring (bicyclic) bond motifs is 1. The number of rotatable bonds is 3. The predicted octanol–water partition coefficient (Wildman–Crippen LogP) is 0.824. The van der Waals surface area contributed by atoms with Crippen LogP contribution in [0.15, 0.2) is 36.9 Å². The largest absolute Gasteiger partial charge is 0.354 e. The van der Waals surface area contributed by atoms with E-state index >= 15 is 0 Å². The number of nitrogens with zero attached hydrogens (tertiary/aromatic N) is 4. The molecule has 1 aromatic carbocycles. The Labute approximate surface area is 142 Å². The maximum atomic E-state index is 12.1. The average molecular weight is 337 g/mol. The number of anilines is 1. The van der Waals surface area contributed by atoms with Crippen LogP contribution in [0.25, 0.3) is 5.69 Å². The SMILES string of the molecule is CNC(=O)c1[nH]nc2c1[C@H](c1ccc(-n3cncn3)cc1)CC(=O)N2. The van der Waals surface area contributed by atoms with Crippen molar-refractivity contribution < 1.29 is 9.59 Å². The van der Waals surface area contributed by atoms with Gasteiger partial charge in [0.1, 0.15) is 18.3 Å². The Morgan fingerprint density at radius 3 is 2.80 bits per heavy atom. The van der Waals surface area contributed by atoms with Gasteiger partial charge in [-0.25, -0.2) is 9.67 Å². The first-order chi connectivity index (χ1) is 12.2. The Morgan fingerprint density at radius 2 is 2.12 bits per heavy atom. The van der Waals surface area contributed by atoms with E-state index in [1.54, 1.807) is 18.1 Å². The molecule has 3 heterocycles. The standard InChI is InChI=1S/C16H15N7O2/c1-17-16(25)14-13-11(6-12(24)20-15(13)22-21-14)9-2-4-10(5-3-9)23-8-18-7-19-23/h2-5,7-8,11H,6H2,1H3,(H,17,25)(H2,20,21,22,24)/t11-/m0/s1. The second-order valence-corrected chi connectivity index (χ2v) is 5.68. The first kappa shape index (κ1) is 15.1. The van der Waals surface area contributed by atoms with Gasteiger partial charge >= 0.3 is 0 Å². The minimum absolute atomic E-state index is 0.132. The van der Waals surface area contributed by atoms with Crippen LogP contribution in [0.5, 0.6) is 0 Å². The minimum atomic E-state index is -0.269. The first-order valence-corrected chi connectivity index (χ1v) is 7.72. The minimum Gasteiger partial charge on any atom is -0.354 e. The van der Waals surface area contributed by atoms with Crippen LogP contribution in [0.3, 0.4) is 0 Å². The number of nitrogens with one attached hydrogen (secondary N) is 3. The third-order valence-corrected chi connectivity index (χ3v) is 4.23. The van der Waals surface area contributed by atoms with Gasteiger partial charge in [0.15, 0.2) is 5.82 Å². The summed E-state index contributed by atoms with van der Waals surface area (Å²) in [6.45, 7) is 0. The molecule has 0 radical (unpaired) electrons. The number of H-pyrrole nitrogens is 1. The van der Waals surface area contributed by atoms with E-state index in [1.807, 2.05) is 24.3 Å². The Kier molecular flexibility index (Phi) is 3.53. The van der Waals surface area contributed by atoms with Gasteiger partial charge in [0.2, 0.25) is 5.91 Å². The van der Waals surface area contributed by atoms with Gasteiger partial charge < -0.3 is 10.6 Å². The zero-order valence-corrected chi connectivity index (χ0v) is 13.4. The number of carbonyl (C=O) groups is 2. The van der Waals surface area contributed by atoms with E-state index in [0.717, 1.165) is 11.3 Å². The van der Waals surface area contributed by atoms with Gasteiger partial charge in [-0.05, 0) is 17.7 Å². The van der Waals surface area contributed by atoms with E-state index in [0.29, 0.717) is 17.1 Å². The van der Waals surface area contributed by atoms with Gasteiger partial charge in [-0.15, -0.1) is 0 Å². The van der Waals surface area contributed by atoms with Crippen LogP contribution in [0, 0.1) is 0 Å². The van der Waals surface area contributed by atoms with Crippen LogP contribution in [-0.4, -0.2) is 43.8 Å². The van der Waals surface area contributed by atoms with Crippen molar-refractivity contribution in [1.29, 1.82) is 0 Å². The fourth-order valence-electron chi connectivity index (χ4n) is 3.04. The summed E-state index contributed by atoms with van der Waals surface area (Å²) in [5, 5.41) is 16.2. The lowest BCUT2D eigenvalue weighted by Gasteiger charge is -2.23. The molecule has 1 atom stereocenters. The molecule has 0 spiro atoms. The van der Waals surface area contributed by atoms with Crippen LogP contribution in [-0.2, 0) is 4.79 Å². The molecule has 0 bridgehead atoms. The third-order valence-electron chi connectivity index (χ3n) is 4.23. The van der Waals surface area contributed by atoms with Crippen molar-refractivity contribution in [2.24, 2.45) is 0 Å². The lowest BCUT2D eigenvalue weighted by Crippen LogP contribution is -2.26. The molecule has 4 rings (SSSR count). The summed E-state index contributed by atoms with van der Waals surface area (Å²) < 4.78 is 1.65. The monoisotopic (exact) mass is 337 g/mol. The second-order valence-electron chi connectivity index (χ2n) is 5.68. The highest BCUT2D eigenvalue weighted by Crippen LogP contribution is 2.38. The van der Waals surface area contributed by atoms with Crippen LogP contribution < -0.4 is 10.6 Å². The molecule has 0 unspecified atom stereocenters. The lowest BCUT2D eigenvalue weighted by molar-refractivity contribution is -0.116. The molecule has 3 N–H and O–H groups in total. The predicted molar refractivity (Wildman–Crippen MR) is 88.4 cm³/mol. The summed E-state index contributed by atoms with van der Waals surface area (Å²) in [4.78, 5) is 28.1. The molecule has 0 aliphatic carbocycles. The van der Waals surface area contributed by atoms with Crippen molar-refractivity contribution in [1.82, 2.24) is 30.3 Å². The summed E-state index contributed by atoms with van der Waals surface area (Å²) in [6, 6.07) is 7.64. The smallest absolute Gasteiger partial charge is 0.269 e. The molecule has 25 heavy (non-hydrogen) atoms. The van der Waals surface area contributed by atoms with Crippen molar-refractivity contribution in [2.45, 2.75) is 12.3 Å². The summed E-state index contributed by atoms with van der Waals surface area (Å²) in [5.74, 6) is -0.248. The molecule has 0 saturated carbocycles. The van der Waals surface area contributed by atoms with Crippen molar-refractivity contribution in [3.8, 4) is 5.69 Å². The fraction of sp³-hybridized carbons (Fsp3) is 0.188. The van der Waals surface area contributed by atoms with Gasteiger partial charge in [0, 0.05) is 24.9 Å². The van der Waals surface area contributed by atoms with Crippen LogP contribution >= 0.6 is 0 Å². The number of hydrogen-bond donors (Lipinski definition) is 3. The summed E-state index contributed by atoms with van der Waals surface area (Å²) in [5.41, 5.74) is 2.85. The van der Waals surface area contributed by atoms with Crippen molar-refractivity contribution >= 4 is 17.6 Å². The number of aromatic nitrogens is 5. The van der Waals surface area contributed by atoms with Crippen molar-refractivity contribution in [2.75, 3.05) is 12.4 Å². The number of amides is 2. The molecular formula is C16H15N7O2. The molecule has 2 aromatic heterocycles. The van der Waals surface area contributed by atoms with E-state index in [9.17, 15) is 9.59 Å². The van der Waals surface area contributed by atoms with E-state index in [1.165, 1.54) is 6.33 Å². The quantitative estimate of drug-likeness (QED) is 0.654. The van der Waals surface area contributed by atoms with Gasteiger partial charge in [-0.3, -0.25) is 14.7 Å². The van der Waals surface area contributed by atoms with Crippen LogP contribution in [0.1, 0.15) is 34.0 Å². The molecular weight excluding hydrogens is 322 g/mol. The number of hydrogen-bond acceptors (Lipinski definition) is 5. The topological polar surface area (TPSA) is 118 Å². The summed E-state index contributed by atoms with van der Waals surface area (Å²) in [7, 11) is 1.55. The molecule has 0 fully saturated rings. The third kappa shape index (κ3) is 2.55. The zero-order chi connectivity index (χ0) is 17.4. The van der Waals surface area contributed by atoms with Crippen LogP contribution in [0.2, 0.25) is 0 Å². The highest BCUT2D eigenvalue weighted by atomic mass is 16.2. The van der Waals surface area contributed by atoms with Crippen molar-refractivity contribution in [3.05, 3.63) is 53.7 Å². The summed E-state index contributed by atoms with van der Waals surface area (Å²) in [6.07, 6.45) is 3.33. The molecule has 9 nitrogen and oxygen atoms in total. The van der Waals surface area contributed by atoms with Gasteiger partial charge in [-0.1, -0.05) is 12.1 Å². The van der Waals surface area contributed by atoms with Gasteiger partial charge in [0.25, 0.3) is 5.91 Å². The van der Waals surface area contributed by atoms with Gasteiger partial charge in [0.05, 0.1) is 5.69 Å². The molecule has 0 saturated heterocycles. The highest BCUT2D eigenvalue weighted by Gasteiger charge is 2.33. The molecule has 126 valence electrons. The van der Waals surface area contributed by atoms with E-state index in [2.05, 4.69) is 30.9 Å². The average Bonchev–Trinajstić information content (AvgIpc) is 3.30. The van der Waals surface area contributed by atoms with E-state index < -0.39 is 0 Å². The molecule has 9 heteroatoms. The normalized spacial score (nSPS) is 16.2. The Bertz CT molecular complexity index is 928. The van der Waals surface area contributed by atoms with Crippen LogP contribution in [0.4, 0.5) is 5.82 Å². The zero-order valence-electron chi connectivity index (χ0n) is 13.4. The summed E-state index contributed by atoms with van der Waals surface area (Å²) >= 11 is 0. The Hall–Kier alpha value is -3.49. The molecule has 1 aliphatic rings. The first-order valence-electron chi connectivity index (χ1n) is 7.72. The number of aromatic amines is 1. The second kappa shape index (κ2) is 5.86. The molecule has 3 aromatic rings. The Balaban J connectivity index is 1.75. The molecule has 2 amide bonds. The highest BCUT2D eigenvalue weighted by molar-refractivity contribution is 6.00. The maximum absolute atomic E-state index is 12.1. The van der Waals surface area contributed by atoms with E-state index in [-0.39, 0.29) is 24.2 Å². The lowest BCUT2D eigenvalue weighted by atomic mass is 9.85. The molecule has 1 aliphatic heterocycles. The number of carbonyl (C=O) groups excluding carboxylic acids is 2. The maximum Gasteiger partial charge on any atom is 0.269 e. The van der Waals surface area contributed by atoms with E-state index in [4.69, 9.17) is 0 Å². The number of benzene rings is 1. The Morgan fingerprint density at radius 1 is 1.32 bits per heavy atom. The fourth-order valence-corrected chi connectivity index (χ4v) is 3.04.